The molecule has 0 aliphatic rings. The fraction of sp³-hybridized carbons (Fsp3) is 0.333. The molecule has 2 nitrogen and oxygen atoms in total. The normalized spacial score (nSPS) is 11.0. The monoisotopic (exact) mass is 303 g/mol. The third-order valence-corrected chi connectivity index (χ3v) is 3.85. The molecule has 0 spiro atoms. The summed E-state index contributed by atoms with van der Waals surface area (Å²) in [5, 5.41) is 4.19. The predicted octanol–water partition coefficient (Wildman–Crippen LogP) is 4.82. The standard InChI is InChI=1S/C18H22ClNO/c1-12(2)20-11-15-6-5-14(10-18(15)19)17-8-7-16(21-4)9-13(17)3/h5-10,12,20H,11H2,1-4H3. The maximum absolute atomic E-state index is 6.41. The number of aryl methyl sites for hydroxylation is 1. The van der Waals surface area contributed by atoms with Gasteiger partial charge >= 0.3 is 0 Å². The van der Waals surface area contributed by atoms with E-state index in [0.29, 0.717) is 6.04 Å². The highest BCUT2D eigenvalue weighted by Gasteiger charge is 2.07. The molecule has 2 rings (SSSR count). The molecule has 21 heavy (non-hydrogen) atoms. The second-order valence-corrected chi connectivity index (χ2v) is 5.93. The second-order valence-electron chi connectivity index (χ2n) is 5.52. The van der Waals surface area contributed by atoms with E-state index in [2.05, 4.69) is 44.3 Å². The molecule has 0 radical (unpaired) electrons. The van der Waals surface area contributed by atoms with E-state index in [-0.39, 0.29) is 0 Å². The Morgan fingerprint density at radius 2 is 1.90 bits per heavy atom. The van der Waals surface area contributed by atoms with E-state index in [4.69, 9.17) is 16.3 Å². The Morgan fingerprint density at radius 3 is 2.48 bits per heavy atom. The van der Waals surface area contributed by atoms with Crippen LogP contribution in [0.3, 0.4) is 0 Å². The number of halogens is 1. The lowest BCUT2D eigenvalue weighted by Gasteiger charge is -2.12. The van der Waals surface area contributed by atoms with Gasteiger partial charge in [-0.2, -0.15) is 0 Å². The van der Waals surface area contributed by atoms with Crippen LogP contribution in [-0.2, 0) is 6.54 Å². The number of hydrogen-bond acceptors (Lipinski definition) is 2. The van der Waals surface area contributed by atoms with Crippen molar-refractivity contribution in [1.82, 2.24) is 5.32 Å². The van der Waals surface area contributed by atoms with Gasteiger partial charge < -0.3 is 10.1 Å². The van der Waals surface area contributed by atoms with Crippen LogP contribution in [0.25, 0.3) is 11.1 Å². The topological polar surface area (TPSA) is 21.3 Å². The van der Waals surface area contributed by atoms with Crippen LogP contribution in [-0.4, -0.2) is 13.2 Å². The zero-order valence-corrected chi connectivity index (χ0v) is 13.8. The Hall–Kier alpha value is -1.51. The zero-order valence-electron chi connectivity index (χ0n) is 13.0. The van der Waals surface area contributed by atoms with Gasteiger partial charge in [0.1, 0.15) is 5.75 Å². The van der Waals surface area contributed by atoms with Crippen molar-refractivity contribution in [2.75, 3.05) is 7.11 Å². The van der Waals surface area contributed by atoms with E-state index < -0.39 is 0 Å². The van der Waals surface area contributed by atoms with Gasteiger partial charge in [-0.25, -0.2) is 0 Å². The molecule has 3 heteroatoms. The molecular weight excluding hydrogens is 282 g/mol. The largest absolute Gasteiger partial charge is 0.497 e. The second kappa shape index (κ2) is 6.97. The van der Waals surface area contributed by atoms with Crippen molar-refractivity contribution < 1.29 is 4.74 Å². The summed E-state index contributed by atoms with van der Waals surface area (Å²) in [5.41, 5.74) is 4.62. The van der Waals surface area contributed by atoms with Crippen LogP contribution >= 0.6 is 11.6 Å². The first-order valence-electron chi connectivity index (χ1n) is 7.18. The van der Waals surface area contributed by atoms with Crippen LogP contribution in [0.4, 0.5) is 0 Å². The Kier molecular flexibility index (Phi) is 5.27. The van der Waals surface area contributed by atoms with Crippen molar-refractivity contribution in [3.63, 3.8) is 0 Å². The van der Waals surface area contributed by atoms with Crippen LogP contribution in [0.15, 0.2) is 36.4 Å². The third kappa shape index (κ3) is 3.99. The molecule has 0 bridgehead atoms. The van der Waals surface area contributed by atoms with Gasteiger partial charge in [0.25, 0.3) is 0 Å². The highest BCUT2D eigenvalue weighted by molar-refractivity contribution is 6.31. The highest BCUT2D eigenvalue weighted by atomic mass is 35.5. The number of hydrogen-bond donors (Lipinski definition) is 1. The molecule has 0 fully saturated rings. The van der Waals surface area contributed by atoms with Crippen molar-refractivity contribution in [1.29, 1.82) is 0 Å². The van der Waals surface area contributed by atoms with Crippen molar-refractivity contribution in [2.45, 2.75) is 33.4 Å². The summed E-state index contributed by atoms with van der Waals surface area (Å²) in [6, 6.07) is 12.8. The van der Waals surface area contributed by atoms with E-state index in [0.717, 1.165) is 28.4 Å². The van der Waals surface area contributed by atoms with Crippen molar-refractivity contribution in [3.8, 4) is 16.9 Å². The molecular formula is C18H22ClNO. The fourth-order valence-corrected chi connectivity index (χ4v) is 2.51. The molecule has 0 saturated heterocycles. The summed E-state index contributed by atoms with van der Waals surface area (Å²) in [6.45, 7) is 7.13. The van der Waals surface area contributed by atoms with Crippen LogP contribution in [0.1, 0.15) is 25.0 Å². The number of rotatable bonds is 5. The third-order valence-electron chi connectivity index (χ3n) is 3.50. The Bertz CT molecular complexity index is 623. The molecule has 2 aromatic carbocycles. The van der Waals surface area contributed by atoms with Gasteiger partial charge in [0.05, 0.1) is 7.11 Å². The molecule has 1 N–H and O–H groups in total. The lowest BCUT2D eigenvalue weighted by Crippen LogP contribution is -2.21. The lowest BCUT2D eigenvalue weighted by atomic mass is 9.99. The fourth-order valence-electron chi connectivity index (χ4n) is 2.26. The van der Waals surface area contributed by atoms with Gasteiger partial charge in [-0.05, 0) is 47.4 Å². The summed E-state index contributed by atoms with van der Waals surface area (Å²) in [7, 11) is 1.68. The first-order valence-corrected chi connectivity index (χ1v) is 7.56. The number of nitrogens with one attached hydrogen (secondary N) is 1. The number of benzene rings is 2. The zero-order chi connectivity index (χ0) is 15.4. The van der Waals surface area contributed by atoms with Gasteiger partial charge in [0, 0.05) is 17.6 Å². The molecule has 112 valence electrons. The summed E-state index contributed by atoms with van der Waals surface area (Å²) >= 11 is 6.41. The number of ether oxygens (including phenoxy) is 1. The highest BCUT2D eigenvalue weighted by Crippen LogP contribution is 2.30. The van der Waals surface area contributed by atoms with Gasteiger partial charge in [-0.1, -0.05) is 43.6 Å². The van der Waals surface area contributed by atoms with Crippen molar-refractivity contribution >= 4 is 11.6 Å². The smallest absolute Gasteiger partial charge is 0.119 e. The molecule has 0 aliphatic carbocycles. The first-order chi connectivity index (χ1) is 10.0. The minimum atomic E-state index is 0.449. The van der Waals surface area contributed by atoms with Gasteiger partial charge in [-0.3, -0.25) is 0 Å². The van der Waals surface area contributed by atoms with Gasteiger partial charge in [0.2, 0.25) is 0 Å². The molecule has 2 aromatic rings. The van der Waals surface area contributed by atoms with Crippen LogP contribution < -0.4 is 10.1 Å². The maximum Gasteiger partial charge on any atom is 0.119 e. The van der Waals surface area contributed by atoms with Crippen molar-refractivity contribution in [2.24, 2.45) is 0 Å². The molecule has 0 aromatic heterocycles. The minimum absolute atomic E-state index is 0.449. The summed E-state index contributed by atoms with van der Waals surface area (Å²) in [4.78, 5) is 0. The van der Waals surface area contributed by atoms with E-state index in [9.17, 15) is 0 Å². The molecule has 0 aliphatic heterocycles. The predicted molar refractivity (Wildman–Crippen MR) is 90.2 cm³/mol. The average Bonchev–Trinajstić information content (AvgIpc) is 2.45. The average molecular weight is 304 g/mol. The number of methoxy groups -OCH3 is 1. The summed E-state index contributed by atoms with van der Waals surface area (Å²) in [5.74, 6) is 0.875. The molecule has 0 heterocycles. The van der Waals surface area contributed by atoms with Crippen LogP contribution in [0.2, 0.25) is 5.02 Å². The lowest BCUT2D eigenvalue weighted by molar-refractivity contribution is 0.414. The Morgan fingerprint density at radius 1 is 1.14 bits per heavy atom. The van der Waals surface area contributed by atoms with E-state index in [1.807, 2.05) is 18.2 Å². The van der Waals surface area contributed by atoms with Crippen LogP contribution in [0, 0.1) is 6.92 Å². The Labute approximate surface area is 132 Å². The first kappa shape index (κ1) is 15.9. The quantitative estimate of drug-likeness (QED) is 0.855. The van der Waals surface area contributed by atoms with Gasteiger partial charge in [-0.15, -0.1) is 0 Å². The summed E-state index contributed by atoms with van der Waals surface area (Å²) in [6.07, 6.45) is 0. The van der Waals surface area contributed by atoms with E-state index >= 15 is 0 Å². The van der Waals surface area contributed by atoms with E-state index in [1.165, 1.54) is 11.1 Å². The van der Waals surface area contributed by atoms with Crippen molar-refractivity contribution in [3.05, 3.63) is 52.5 Å². The summed E-state index contributed by atoms with van der Waals surface area (Å²) < 4.78 is 5.25. The molecule has 0 unspecified atom stereocenters. The van der Waals surface area contributed by atoms with Crippen LogP contribution in [0.5, 0.6) is 5.75 Å². The molecule has 0 saturated carbocycles. The van der Waals surface area contributed by atoms with Gasteiger partial charge in [0.15, 0.2) is 0 Å². The molecule has 0 amide bonds. The minimum Gasteiger partial charge on any atom is -0.497 e. The SMILES string of the molecule is COc1ccc(-c2ccc(CNC(C)C)c(Cl)c2)c(C)c1. The van der Waals surface area contributed by atoms with E-state index in [1.54, 1.807) is 7.11 Å². The maximum atomic E-state index is 6.41. The molecule has 0 atom stereocenters. The Balaban J connectivity index is 2.27.